The largest absolute Gasteiger partial charge is 0.347 e. The quantitative estimate of drug-likeness (QED) is 0.650. The molecule has 6 nitrogen and oxygen atoms in total. The summed E-state index contributed by atoms with van der Waals surface area (Å²) in [6, 6.07) is 3.39. The Morgan fingerprint density at radius 2 is 2.31 bits per heavy atom. The van der Waals surface area contributed by atoms with Gasteiger partial charge in [0.1, 0.15) is 0 Å². The van der Waals surface area contributed by atoms with Crippen molar-refractivity contribution in [2.24, 2.45) is 5.73 Å². The second-order valence-corrected chi connectivity index (χ2v) is 3.12. The molecule has 16 heavy (non-hydrogen) atoms. The summed E-state index contributed by atoms with van der Waals surface area (Å²) < 4.78 is 0. The minimum Gasteiger partial charge on any atom is -0.347 e. The van der Waals surface area contributed by atoms with E-state index in [2.05, 4.69) is 10.3 Å². The lowest BCUT2D eigenvalue weighted by Gasteiger charge is -2.15. The fraction of sp³-hybridized carbons (Fsp3) is 0.300. The van der Waals surface area contributed by atoms with E-state index in [1.165, 1.54) is 18.1 Å². The number of aromatic nitrogens is 1. The van der Waals surface area contributed by atoms with E-state index in [0.717, 1.165) is 0 Å². The van der Waals surface area contributed by atoms with Crippen LogP contribution < -0.4 is 16.0 Å². The van der Waals surface area contributed by atoms with Gasteiger partial charge >= 0.3 is 11.8 Å². The molecule has 0 aliphatic carbocycles. The van der Waals surface area contributed by atoms with Gasteiger partial charge in [0, 0.05) is 26.3 Å². The minimum atomic E-state index is -0.670. The van der Waals surface area contributed by atoms with Gasteiger partial charge in [0.15, 0.2) is 0 Å². The van der Waals surface area contributed by atoms with Crippen molar-refractivity contribution in [3.63, 3.8) is 0 Å². The van der Waals surface area contributed by atoms with Crippen LogP contribution in [0.3, 0.4) is 0 Å². The fourth-order valence-corrected chi connectivity index (χ4v) is 1.08. The Morgan fingerprint density at radius 1 is 1.56 bits per heavy atom. The molecule has 86 valence electrons. The first-order valence-electron chi connectivity index (χ1n) is 4.82. The molecule has 0 saturated heterocycles. The molecule has 2 amide bonds. The Bertz CT molecular complexity index is 366. The van der Waals surface area contributed by atoms with Crippen LogP contribution in [-0.2, 0) is 9.59 Å². The van der Waals surface area contributed by atoms with Gasteiger partial charge in [-0.3, -0.25) is 14.6 Å². The summed E-state index contributed by atoms with van der Waals surface area (Å²) in [4.78, 5) is 28.0. The van der Waals surface area contributed by atoms with Gasteiger partial charge in [-0.05, 0) is 12.1 Å². The molecule has 0 bridgehead atoms. The number of pyridine rings is 1. The molecular formula is C10H14N4O2. The molecule has 1 aromatic heterocycles. The molecule has 0 aliphatic rings. The van der Waals surface area contributed by atoms with Crippen LogP contribution in [0.4, 0.5) is 5.69 Å². The number of carbonyl (C=O) groups is 2. The van der Waals surface area contributed by atoms with Crippen LogP contribution in [-0.4, -0.2) is 36.9 Å². The van der Waals surface area contributed by atoms with Gasteiger partial charge in [-0.25, -0.2) is 0 Å². The van der Waals surface area contributed by atoms with Crippen LogP contribution in [0.2, 0.25) is 0 Å². The van der Waals surface area contributed by atoms with Crippen molar-refractivity contribution in [1.82, 2.24) is 10.3 Å². The summed E-state index contributed by atoms with van der Waals surface area (Å²) in [6.45, 7) is 0.584. The number of hydrogen-bond acceptors (Lipinski definition) is 4. The third-order valence-electron chi connectivity index (χ3n) is 1.96. The Balaban J connectivity index is 2.64. The number of likely N-dealkylation sites (N-methyl/N-ethyl adjacent to an activating group) is 1. The first kappa shape index (κ1) is 12.1. The Kier molecular flexibility index (Phi) is 4.41. The second kappa shape index (κ2) is 5.82. The maximum atomic E-state index is 11.6. The Morgan fingerprint density at radius 3 is 2.88 bits per heavy atom. The smallest absolute Gasteiger partial charge is 0.316 e. The van der Waals surface area contributed by atoms with Crippen molar-refractivity contribution in [1.29, 1.82) is 0 Å². The van der Waals surface area contributed by atoms with E-state index in [1.807, 2.05) is 0 Å². The number of amides is 2. The topological polar surface area (TPSA) is 88.3 Å². The molecule has 0 fully saturated rings. The number of rotatable bonds is 3. The molecule has 0 aromatic carbocycles. The average Bonchev–Trinajstić information content (AvgIpc) is 2.35. The van der Waals surface area contributed by atoms with Crippen LogP contribution in [0, 0.1) is 0 Å². The van der Waals surface area contributed by atoms with E-state index < -0.39 is 11.8 Å². The average molecular weight is 222 g/mol. The van der Waals surface area contributed by atoms with Crippen molar-refractivity contribution in [2.75, 3.05) is 25.0 Å². The van der Waals surface area contributed by atoms with E-state index >= 15 is 0 Å². The molecule has 1 rings (SSSR count). The number of hydrogen-bond donors (Lipinski definition) is 2. The van der Waals surface area contributed by atoms with Gasteiger partial charge in [-0.15, -0.1) is 0 Å². The van der Waals surface area contributed by atoms with Gasteiger partial charge in [0.25, 0.3) is 0 Å². The van der Waals surface area contributed by atoms with Crippen molar-refractivity contribution in [3.05, 3.63) is 24.5 Å². The molecular weight excluding hydrogens is 208 g/mol. The number of anilines is 1. The van der Waals surface area contributed by atoms with Gasteiger partial charge in [0.05, 0.1) is 11.9 Å². The van der Waals surface area contributed by atoms with Crippen LogP contribution >= 0.6 is 0 Å². The third kappa shape index (κ3) is 3.03. The van der Waals surface area contributed by atoms with Crippen molar-refractivity contribution >= 4 is 17.5 Å². The summed E-state index contributed by atoms with van der Waals surface area (Å²) in [5, 5.41) is 2.41. The van der Waals surface area contributed by atoms with Crippen LogP contribution in [0.15, 0.2) is 24.5 Å². The maximum absolute atomic E-state index is 11.6. The molecule has 3 N–H and O–H groups in total. The summed E-state index contributed by atoms with van der Waals surface area (Å²) in [7, 11) is 1.52. The highest BCUT2D eigenvalue weighted by Crippen LogP contribution is 2.08. The first-order valence-corrected chi connectivity index (χ1v) is 4.82. The predicted octanol–water partition coefficient (Wildman–Crippen LogP) is -0.881. The highest BCUT2D eigenvalue weighted by atomic mass is 16.2. The van der Waals surface area contributed by atoms with E-state index in [4.69, 9.17) is 5.73 Å². The normalized spacial score (nSPS) is 9.62. The summed E-state index contributed by atoms with van der Waals surface area (Å²) >= 11 is 0. The molecule has 0 saturated carbocycles. The highest BCUT2D eigenvalue weighted by molar-refractivity contribution is 6.40. The van der Waals surface area contributed by atoms with Gasteiger partial charge in [0.2, 0.25) is 0 Å². The predicted molar refractivity (Wildman–Crippen MR) is 59.7 cm³/mol. The van der Waals surface area contributed by atoms with Gasteiger partial charge < -0.3 is 16.0 Å². The standard InChI is InChI=1S/C10H14N4O2/c1-14(8-3-2-5-12-7-8)10(16)9(15)13-6-4-11/h2-3,5,7H,4,6,11H2,1H3,(H,13,15). The minimum absolute atomic E-state index is 0.283. The molecule has 0 unspecified atom stereocenters. The second-order valence-electron chi connectivity index (χ2n) is 3.12. The molecule has 0 spiro atoms. The molecule has 0 aliphatic heterocycles. The molecule has 0 atom stereocenters. The number of carbonyl (C=O) groups excluding carboxylic acids is 2. The number of nitrogens with two attached hydrogens (primary N) is 1. The maximum Gasteiger partial charge on any atom is 0.316 e. The molecule has 6 heteroatoms. The molecule has 1 aromatic rings. The third-order valence-corrected chi connectivity index (χ3v) is 1.96. The lowest BCUT2D eigenvalue weighted by atomic mass is 10.3. The summed E-state index contributed by atoms with van der Waals surface area (Å²) in [6.07, 6.45) is 3.10. The lowest BCUT2D eigenvalue weighted by molar-refractivity contribution is -0.137. The monoisotopic (exact) mass is 222 g/mol. The SMILES string of the molecule is CN(C(=O)C(=O)NCCN)c1cccnc1. The van der Waals surface area contributed by atoms with Crippen molar-refractivity contribution in [3.8, 4) is 0 Å². The van der Waals surface area contributed by atoms with Crippen LogP contribution in [0.25, 0.3) is 0 Å². The van der Waals surface area contributed by atoms with Crippen LogP contribution in [0.5, 0.6) is 0 Å². The fourth-order valence-electron chi connectivity index (χ4n) is 1.08. The van der Waals surface area contributed by atoms with Crippen molar-refractivity contribution < 1.29 is 9.59 Å². The van der Waals surface area contributed by atoms with Crippen LogP contribution in [0.1, 0.15) is 0 Å². The van der Waals surface area contributed by atoms with E-state index in [-0.39, 0.29) is 6.54 Å². The lowest BCUT2D eigenvalue weighted by Crippen LogP contribution is -2.42. The zero-order chi connectivity index (χ0) is 12.0. The summed E-state index contributed by atoms with van der Waals surface area (Å²) in [5.41, 5.74) is 5.78. The molecule has 0 radical (unpaired) electrons. The van der Waals surface area contributed by atoms with E-state index in [0.29, 0.717) is 12.2 Å². The first-order chi connectivity index (χ1) is 7.66. The zero-order valence-corrected chi connectivity index (χ0v) is 9.01. The summed E-state index contributed by atoms with van der Waals surface area (Å²) in [5.74, 6) is -1.31. The van der Waals surface area contributed by atoms with E-state index in [9.17, 15) is 9.59 Å². The highest BCUT2D eigenvalue weighted by Gasteiger charge is 2.18. The Labute approximate surface area is 93.4 Å². The zero-order valence-electron chi connectivity index (χ0n) is 9.01. The van der Waals surface area contributed by atoms with Crippen molar-refractivity contribution in [2.45, 2.75) is 0 Å². The van der Waals surface area contributed by atoms with E-state index in [1.54, 1.807) is 18.3 Å². The Hall–Kier alpha value is -1.95. The number of nitrogens with zero attached hydrogens (tertiary/aromatic N) is 2. The molecule has 1 heterocycles. The van der Waals surface area contributed by atoms with Gasteiger partial charge in [-0.2, -0.15) is 0 Å². The van der Waals surface area contributed by atoms with Gasteiger partial charge in [-0.1, -0.05) is 0 Å². The number of nitrogens with one attached hydrogen (secondary N) is 1.